The van der Waals surface area contributed by atoms with Crippen LogP contribution in [0.15, 0.2) is 53.0 Å². The molecular formula is C20H18N2O2S. The summed E-state index contributed by atoms with van der Waals surface area (Å²) in [5, 5.41) is 9.94. The van der Waals surface area contributed by atoms with Gasteiger partial charge in [-0.05, 0) is 44.4 Å². The molecule has 0 spiro atoms. The summed E-state index contributed by atoms with van der Waals surface area (Å²) in [6, 6.07) is 12.7. The first kappa shape index (κ1) is 16.1. The maximum atomic E-state index is 13.1. The van der Waals surface area contributed by atoms with Gasteiger partial charge in [-0.2, -0.15) is 0 Å². The number of carbonyl (C=O) groups excluding carboxylic acids is 1. The number of phenolic OH excluding ortho intramolecular Hbond substituents is 1. The van der Waals surface area contributed by atoms with Crippen LogP contribution in [0.25, 0.3) is 4.91 Å². The molecule has 0 radical (unpaired) electrons. The van der Waals surface area contributed by atoms with E-state index in [1.165, 1.54) is 0 Å². The van der Waals surface area contributed by atoms with Crippen LogP contribution in [-0.2, 0) is 0 Å². The highest BCUT2D eigenvalue weighted by atomic mass is 32.2. The molecule has 0 saturated heterocycles. The van der Waals surface area contributed by atoms with Gasteiger partial charge >= 0.3 is 0 Å². The van der Waals surface area contributed by atoms with Crippen LogP contribution in [0.1, 0.15) is 21.5 Å². The highest BCUT2D eigenvalue weighted by molar-refractivity contribution is 8.08. The molecule has 1 N–H and O–H groups in total. The number of benzene rings is 2. The quantitative estimate of drug-likeness (QED) is 0.913. The second kappa shape index (κ2) is 6.17. The van der Waals surface area contributed by atoms with Crippen molar-refractivity contribution in [3.05, 3.63) is 64.7 Å². The lowest BCUT2D eigenvalue weighted by Gasteiger charge is -2.15. The fourth-order valence-electron chi connectivity index (χ4n) is 3.13. The second-order valence-electron chi connectivity index (χ2n) is 6.39. The molecule has 2 aliphatic rings. The van der Waals surface area contributed by atoms with Gasteiger partial charge in [-0.15, -0.1) is 11.8 Å². The fraction of sp³-hybridized carbons (Fsp3) is 0.200. The van der Waals surface area contributed by atoms with E-state index in [2.05, 4.69) is 4.90 Å². The van der Waals surface area contributed by atoms with Crippen molar-refractivity contribution in [3.63, 3.8) is 0 Å². The molecular weight excluding hydrogens is 332 g/mol. The Morgan fingerprint density at radius 1 is 1.08 bits per heavy atom. The van der Waals surface area contributed by atoms with Crippen molar-refractivity contribution in [2.24, 2.45) is 4.99 Å². The van der Waals surface area contributed by atoms with Gasteiger partial charge < -0.3 is 10.0 Å². The third-order valence-electron chi connectivity index (χ3n) is 4.36. The van der Waals surface area contributed by atoms with E-state index in [4.69, 9.17) is 4.99 Å². The molecule has 0 amide bonds. The molecule has 2 aromatic carbocycles. The lowest BCUT2D eigenvalue weighted by atomic mass is 9.95. The number of rotatable bonds is 4. The first-order valence-corrected chi connectivity index (χ1v) is 9.13. The average Bonchev–Trinajstić information content (AvgIpc) is 2.88. The van der Waals surface area contributed by atoms with Crippen molar-refractivity contribution in [2.45, 2.75) is 0 Å². The van der Waals surface area contributed by atoms with E-state index in [0.29, 0.717) is 16.8 Å². The topological polar surface area (TPSA) is 52.9 Å². The Kier molecular flexibility index (Phi) is 3.98. The van der Waals surface area contributed by atoms with Crippen LogP contribution in [0.2, 0.25) is 0 Å². The Hall–Kier alpha value is -2.37. The van der Waals surface area contributed by atoms with Gasteiger partial charge in [0.1, 0.15) is 5.75 Å². The van der Waals surface area contributed by atoms with Crippen molar-refractivity contribution in [3.8, 4) is 5.75 Å². The van der Waals surface area contributed by atoms with Gasteiger partial charge in [-0.25, -0.2) is 4.99 Å². The van der Waals surface area contributed by atoms with Crippen molar-refractivity contribution >= 4 is 33.8 Å². The molecule has 1 aliphatic carbocycles. The normalized spacial score (nSPS) is 15.2. The molecule has 0 saturated carbocycles. The van der Waals surface area contributed by atoms with Crippen molar-refractivity contribution in [2.75, 3.05) is 26.4 Å². The van der Waals surface area contributed by atoms with Gasteiger partial charge in [-0.1, -0.05) is 12.1 Å². The van der Waals surface area contributed by atoms with Crippen molar-refractivity contribution in [1.82, 2.24) is 4.90 Å². The standard InChI is InChI=1S/C20H18N2O2S/c1-22(2)9-10-25-20-15-11-12(23)7-8-13(15)18-17(20)19(24)14-5-3-4-6-16(14)21-18/h3-8,11,23H,9-10H2,1-2H3. The number of hydrogen-bond donors (Lipinski definition) is 1. The first-order chi connectivity index (χ1) is 12.1. The maximum absolute atomic E-state index is 13.1. The van der Waals surface area contributed by atoms with Crippen LogP contribution in [0, 0.1) is 0 Å². The van der Waals surface area contributed by atoms with Crippen molar-refractivity contribution < 1.29 is 9.90 Å². The Labute approximate surface area is 150 Å². The average molecular weight is 350 g/mol. The number of aliphatic imine (C=N–C) groups is 1. The van der Waals surface area contributed by atoms with Crippen LogP contribution in [0.3, 0.4) is 0 Å². The summed E-state index contributed by atoms with van der Waals surface area (Å²) in [6.45, 7) is 0.910. The summed E-state index contributed by atoms with van der Waals surface area (Å²) in [5.41, 5.74) is 4.57. The van der Waals surface area contributed by atoms with E-state index in [0.717, 1.165) is 34.0 Å². The van der Waals surface area contributed by atoms with Crippen LogP contribution >= 0.6 is 11.8 Å². The van der Waals surface area contributed by atoms with Gasteiger partial charge in [0, 0.05) is 33.9 Å². The van der Waals surface area contributed by atoms with Gasteiger partial charge in [0.15, 0.2) is 5.78 Å². The maximum Gasteiger partial charge on any atom is 0.198 e. The molecule has 0 bridgehead atoms. The van der Waals surface area contributed by atoms with E-state index < -0.39 is 0 Å². The summed E-state index contributed by atoms with van der Waals surface area (Å²) in [7, 11) is 4.06. The van der Waals surface area contributed by atoms with E-state index >= 15 is 0 Å². The number of carbonyl (C=O) groups is 1. The Morgan fingerprint density at radius 2 is 1.88 bits per heavy atom. The predicted octanol–water partition coefficient (Wildman–Crippen LogP) is 3.73. The van der Waals surface area contributed by atoms with Gasteiger partial charge in [-0.3, -0.25) is 4.79 Å². The minimum absolute atomic E-state index is 0.0173. The molecule has 25 heavy (non-hydrogen) atoms. The molecule has 4 rings (SSSR count). The zero-order chi connectivity index (χ0) is 17.6. The SMILES string of the molecule is CN(C)CCSC1=C2C(=O)c3ccccc3N=C2c2ccc(O)cc21. The molecule has 0 unspecified atom stereocenters. The van der Waals surface area contributed by atoms with Gasteiger partial charge in [0.05, 0.1) is 17.0 Å². The van der Waals surface area contributed by atoms with Crippen LogP contribution in [-0.4, -0.2) is 47.9 Å². The largest absolute Gasteiger partial charge is 0.508 e. The number of phenols is 1. The lowest BCUT2D eigenvalue weighted by molar-refractivity contribution is 0.104. The first-order valence-electron chi connectivity index (χ1n) is 8.14. The van der Waals surface area contributed by atoms with E-state index in [9.17, 15) is 9.90 Å². The highest BCUT2D eigenvalue weighted by Crippen LogP contribution is 2.46. The molecule has 0 fully saturated rings. The van der Waals surface area contributed by atoms with Gasteiger partial charge in [0.2, 0.25) is 0 Å². The third kappa shape index (κ3) is 2.69. The number of Topliss-reactive ketones (excluding diaryl/α,β-unsaturated/α-hetero) is 1. The number of ketones is 1. The smallest absolute Gasteiger partial charge is 0.198 e. The third-order valence-corrected chi connectivity index (χ3v) is 5.46. The van der Waals surface area contributed by atoms with Crippen LogP contribution < -0.4 is 0 Å². The van der Waals surface area contributed by atoms with Crippen molar-refractivity contribution in [1.29, 1.82) is 0 Å². The molecule has 5 heteroatoms. The molecule has 1 aliphatic heterocycles. The Morgan fingerprint density at radius 3 is 2.68 bits per heavy atom. The summed E-state index contributed by atoms with van der Waals surface area (Å²) in [6.07, 6.45) is 0. The lowest BCUT2D eigenvalue weighted by Crippen LogP contribution is -2.17. The summed E-state index contributed by atoms with van der Waals surface area (Å²) in [5.74, 6) is 1.08. The Bertz CT molecular complexity index is 944. The Balaban J connectivity index is 1.87. The minimum atomic E-state index is 0.0173. The molecule has 2 aromatic rings. The molecule has 0 atom stereocenters. The zero-order valence-electron chi connectivity index (χ0n) is 14.1. The fourth-order valence-corrected chi connectivity index (χ4v) is 4.45. The minimum Gasteiger partial charge on any atom is -0.508 e. The molecule has 126 valence electrons. The van der Waals surface area contributed by atoms with Crippen LogP contribution in [0.5, 0.6) is 5.75 Å². The monoisotopic (exact) mass is 350 g/mol. The van der Waals surface area contributed by atoms with Gasteiger partial charge in [0.25, 0.3) is 0 Å². The molecule has 0 aromatic heterocycles. The van der Waals surface area contributed by atoms with E-state index in [1.54, 1.807) is 23.9 Å². The van der Waals surface area contributed by atoms with Crippen LogP contribution in [0.4, 0.5) is 5.69 Å². The number of aromatic hydroxyl groups is 1. The number of thioether (sulfide) groups is 1. The molecule has 1 heterocycles. The predicted molar refractivity (Wildman–Crippen MR) is 103 cm³/mol. The summed E-state index contributed by atoms with van der Waals surface area (Å²) < 4.78 is 0. The second-order valence-corrected chi connectivity index (χ2v) is 7.50. The summed E-state index contributed by atoms with van der Waals surface area (Å²) in [4.78, 5) is 20.9. The van der Waals surface area contributed by atoms with E-state index in [1.807, 2.05) is 44.4 Å². The number of fused-ring (bicyclic) bond motifs is 4. The molecule has 4 nitrogen and oxygen atoms in total. The summed E-state index contributed by atoms with van der Waals surface area (Å²) >= 11 is 1.65. The zero-order valence-corrected chi connectivity index (χ0v) is 14.9. The number of nitrogens with zero attached hydrogens (tertiary/aromatic N) is 2. The number of allylic oxidation sites excluding steroid dienone is 1. The van der Waals surface area contributed by atoms with E-state index in [-0.39, 0.29) is 11.5 Å². The highest BCUT2D eigenvalue weighted by Gasteiger charge is 2.36. The number of para-hydroxylation sites is 1. The number of hydrogen-bond acceptors (Lipinski definition) is 5.